The third kappa shape index (κ3) is 2.94. The average Bonchev–Trinajstić information content (AvgIpc) is 3.27. The number of hydrogen-bond donors (Lipinski definition) is 1. The first-order chi connectivity index (χ1) is 12.1. The summed E-state index contributed by atoms with van der Waals surface area (Å²) in [5.41, 5.74) is 11.2. The van der Waals surface area contributed by atoms with Gasteiger partial charge in [-0.15, -0.1) is 11.3 Å². The van der Waals surface area contributed by atoms with Crippen LogP contribution in [0.1, 0.15) is 15.9 Å². The fourth-order valence-corrected chi connectivity index (χ4v) is 3.65. The third-order valence-electron chi connectivity index (χ3n) is 4.35. The van der Waals surface area contributed by atoms with Crippen molar-refractivity contribution in [3.63, 3.8) is 0 Å². The van der Waals surface area contributed by atoms with Gasteiger partial charge in [0.15, 0.2) is 5.78 Å². The fraction of sp³-hybridized carbons (Fsp3) is 0.100. The molecule has 0 fully saturated rings. The molecule has 5 heteroatoms. The number of nitrogens with zero attached hydrogens (tertiary/aromatic N) is 2. The van der Waals surface area contributed by atoms with Crippen LogP contribution in [0, 0.1) is 0 Å². The minimum atomic E-state index is 0.0538. The molecule has 2 aromatic carbocycles. The lowest BCUT2D eigenvalue weighted by molar-refractivity contribution is 0.0993. The van der Waals surface area contributed by atoms with Crippen molar-refractivity contribution in [1.29, 1.82) is 0 Å². The highest BCUT2D eigenvalue weighted by atomic mass is 32.1. The van der Waals surface area contributed by atoms with Gasteiger partial charge in [-0.05, 0) is 52.9 Å². The summed E-state index contributed by atoms with van der Waals surface area (Å²) in [7, 11) is 1.92. The standard InChI is InChI=1S/C20H17N3OS/c1-23-12-22-17-7-5-13(10-18(17)23)19(24)11-15-9-14(4-6-16(15)21)20-3-2-8-25-20/h2-10,12H,11,21H2,1H3. The maximum Gasteiger partial charge on any atom is 0.167 e. The number of benzene rings is 2. The van der Waals surface area contributed by atoms with Gasteiger partial charge in [-0.3, -0.25) is 4.79 Å². The van der Waals surface area contributed by atoms with E-state index in [0.29, 0.717) is 11.3 Å². The Hall–Kier alpha value is -2.92. The smallest absolute Gasteiger partial charge is 0.167 e. The molecular weight excluding hydrogens is 330 g/mol. The maximum absolute atomic E-state index is 12.8. The van der Waals surface area contributed by atoms with Crippen LogP contribution >= 0.6 is 11.3 Å². The maximum atomic E-state index is 12.8. The van der Waals surface area contributed by atoms with Crippen molar-refractivity contribution in [3.05, 3.63) is 71.4 Å². The quantitative estimate of drug-likeness (QED) is 0.442. The van der Waals surface area contributed by atoms with Crippen molar-refractivity contribution in [2.75, 3.05) is 5.73 Å². The van der Waals surface area contributed by atoms with E-state index >= 15 is 0 Å². The number of nitrogen functional groups attached to an aromatic ring is 1. The number of aryl methyl sites for hydroxylation is 1. The second-order valence-electron chi connectivity index (χ2n) is 6.05. The summed E-state index contributed by atoms with van der Waals surface area (Å²) in [6, 6.07) is 15.6. The van der Waals surface area contributed by atoms with E-state index in [1.807, 2.05) is 59.5 Å². The Kier molecular flexibility index (Phi) is 3.86. The summed E-state index contributed by atoms with van der Waals surface area (Å²) in [5.74, 6) is 0.0538. The number of nitrogens with two attached hydrogens (primary N) is 1. The van der Waals surface area contributed by atoms with Crippen molar-refractivity contribution in [2.24, 2.45) is 7.05 Å². The number of hydrogen-bond acceptors (Lipinski definition) is 4. The first-order valence-corrected chi connectivity index (χ1v) is 8.86. The minimum absolute atomic E-state index is 0.0538. The second-order valence-corrected chi connectivity index (χ2v) is 7.00. The van der Waals surface area contributed by atoms with Gasteiger partial charge < -0.3 is 10.3 Å². The number of thiophene rings is 1. The van der Waals surface area contributed by atoms with Crippen molar-refractivity contribution in [3.8, 4) is 10.4 Å². The Morgan fingerprint density at radius 1 is 1.20 bits per heavy atom. The zero-order valence-corrected chi connectivity index (χ0v) is 14.6. The van der Waals surface area contributed by atoms with Crippen LogP contribution in [0.25, 0.3) is 21.5 Å². The number of imidazole rings is 1. The van der Waals surface area contributed by atoms with Crippen molar-refractivity contribution >= 4 is 33.8 Å². The van der Waals surface area contributed by atoms with E-state index < -0.39 is 0 Å². The number of carbonyl (C=O) groups is 1. The van der Waals surface area contributed by atoms with Crippen molar-refractivity contribution < 1.29 is 4.79 Å². The lowest BCUT2D eigenvalue weighted by Crippen LogP contribution is -2.06. The van der Waals surface area contributed by atoms with E-state index in [1.54, 1.807) is 17.7 Å². The molecule has 4 nitrogen and oxygen atoms in total. The number of Topliss-reactive ketones (excluding diaryl/α,β-unsaturated/α-hetero) is 1. The summed E-state index contributed by atoms with van der Waals surface area (Å²) in [6.07, 6.45) is 2.04. The van der Waals surface area contributed by atoms with Crippen LogP contribution in [-0.2, 0) is 13.5 Å². The van der Waals surface area contributed by atoms with Gasteiger partial charge in [0.25, 0.3) is 0 Å². The Bertz CT molecular complexity index is 1060. The molecule has 2 aromatic heterocycles. The topological polar surface area (TPSA) is 60.9 Å². The minimum Gasteiger partial charge on any atom is -0.398 e. The van der Waals surface area contributed by atoms with E-state index in [9.17, 15) is 4.79 Å². The van der Waals surface area contributed by atoms with Gasteiger partial charge >= 0.3 is 0 Å². The Morgan fingerprint density at radius 3 is 2.88 bits per heavy atom. The predicted molar refractivity (Wildman–Crippen MR) is 103 cm³/mol. The third-order valence-corrected chi connectivity index (χ3v) is 5.27. The molecule has 0 atom stereocenters. The number of anilines is 1. The molecular formula is C20H17N3OS. The second kappa shape index (κ2) is 6.18. The molecule has 124 valence electrons. The molecule has 0 amide bonds. The highest BCUT2D eigenvalue weighted by Crippen LogP contribution is 2.28. The molecule has 0 saturated carbocycles. The number of ketones is 1. The summed E-state index contributed by atoms with van der Waals surface area (Å²) < 4.78 is 1.91. The normalized spacial score (nSPS) is 11.1. The van der Waals surface area contributed by atoms with Gasteiger partial charge in [0.1, 0.15) is 0 Å². The Labute approximate surface area is 149 Å². The fourth-order valence-electron chi connectivity index (χ4n) is 2.93. The zero-order chi connectivity index (χ0) is 17.4. The van der Waals surface area contributed by atoms with Gasteiger partial charge in [0.2, 0.25) is 0 Å². The van der Waals surface area contributed by atoms with E-state index in [-0.39, 0.29) is 12.2 Å². The number of carbonyl (C=O) groups excluding carboxylic acids is 1. The van der Waals surface area contributed by atoms with E-state index in [1.165, 1.54) is 4.88 Å². The molecule has 2 N–H and O–H groups in total. The Morgan fingerprint density at radius 2 is 2.08 bits per heavy atom. The van der Waals surface area contributed by atoms with Crippen LogP contribution in [0.3, 0.4) is 0 Å². The van der Waals surface area contributed by atoms with Crippen LogP contribution in [0.4, 0.5) is 5.69 Å². The lowest BCUT2D eigenvalue weighted by atomic mass is 9.99. The monoisotopic (exact) mass is 347 g/mol. The molecule has 4 rings (SSSR count). The number of fused-ring (bicyclic) bond motifs is 1. The molecule has 0 aliphatic rings. The summed E-state index contributed by atoms with van der Waals surface area (Å²) in [4.78, 5) is 18.2. The molecule has 0 saturated heterocycles. The van der Waals surface area contributed by atoms with Crippen molar-refractivity contribution in [1.82, 2.24) is 9.55 Å². The van der Waals surface area contributed by atoms with Gasteiger partial charge in [-0.2, -0.15) is 0 Å². The van der Waals surface area contributed by atoms with Crippen LogP contribution in [0.2, 0.25) is 0 Å². The lowest BCUT2D eigenvalue weighted by Gasteiger charge is -2.08. The molecule has 0 spiro atoms. The van der Waals surface area contributed by atoms with E-state index in [2.05, 4.69) is 11.1 Å². The molecule has 0 aliphatic carbocycles. The van der Waals surface area contributed by atoms with E-state index in [0.717, 1.165) is 22.2 Å². The van der Waals surface area contributed by atoms with Gasteiger partial charge in [0.05, 0.1) is 17.4 Å². The molecule has 0 aliphatic heterocycles. The molecule has 25 heavy (non-hydrogen) atoms. The Balaban J connectivity index is 1.65. The number of rotatable bonds is 4. The average molecular weight is 347 g/mol. The molecule has 0 bridgehead atoms. The first kappa shape index (κ1) is 15.6. The summed E-state index contributed by atoms with van der Waals surface area (Å²) in [5, 5.41) is 2.04. The molecule has 0 radical (unpaired) electrons. The molecule has 4 aromatic rings. The van der Waals surface area contributed by atoms with Gasteiger partial charge in [-0.1, -0.05) is 12.1 Å². The first-order valence-electron chi connectivity index (χ1n) is 7.98. The van der Waals surface area contributed by atoms with Crippen LogP contribution in [0.5, 0.6) is 0 Å². The van der Waals surface area contributed by atoms with Gasteiger partial charge in [0, 0.05) is 29.6 Å². The van der Waals surface area contributed by atoms with Gasteiger partial charge in [-0.25, -0.2) is 4.98 Å². The van der Waals surface area contributed by atoms with Crippen LogP contribution in [0.15, 0.2) is 60.2 Å². The van der Waals surface area contributed by atoms with Crippen LogP contribution in [-0.4, -0.2) is 15.3 Å². The van der Waals surface area contributed by atoms with E-state index in [4.69, 9.17) is 5.73 Å². The van der Waals surface area contributed by atoms with Crippen LogP contribution < -0.4 is 5.73 Å². The van der Waals surface area contributed by atoms with Crippen molar-refractivity contribution in [2.45, 2.75) is 6.42 Å². The highest BCUT2D eigenvalue weighted by Gasteiger charge is 2.12. The molecule has 0 unspecified atom stereocenters. The summed E-state index contributed by atoms with van der Waals surface area (Å²) in [6.45, 7) is 0. The largest absolute Gasteiger partial charge is 0.398 e. The zero-order valence-electron chi connectivity index (χ0n) is 13.8. The molecule has 2 heterocycles. The summed E-state index contributed by atoms with van der Waals surface area (Å²) >= 11 is 1.67. The highest BCUT2D eigenvalue weighted by molar-refractivity contribution is 7.13. The number of aromatic nitrogens is 2. The predicted octanol–water partition coefficient (Wildman–Crippen LogP) is 4.31. The SMILES string of the molecule is Cn1cnc2ccc(C(=O)Cc3cc(-c4cccs4)ccc3N)cc21.